The summed E-state index contributed by atoms with van der Waals surface area (Å²) in [4.78, 5) is 0. The Morgan fingerprint density at radius 3 is 2.25 bits per heavy atom. The minimum Gasteiger partial charge on any atom is -0.390 e. The van der Waals surface area contributed by atoms with Crippen molar-refractivity contribution in [3.05, 3.63) is 0 Å². The van der Waals surface area contributed by atoms with Gasteiger partial charge in [0.2, 0.25) is 0 Å². The predicted octanol–water partition coefficient (Wildman–Crippen LogP) is 4.16. The lowest BCUT2D eigenvalue weighted by Crippen LogP contribution is -2.48. The number of hydrogen-bond donors (Lipinski definition) is 1. The first-order valence-electron chi connectivity index (χ1n) is 8.52. The molecule has 3 fully saturated rings. The molecular formula is C18H32O2. The summed E-state index contributed by atoms with van der Waals surface area (Å²) < 4.78 is 6.52. The minimum atomic E-state index is -0.304. The Morgan fingerprint density at radius 2 is 1.70 bits per heavy atom. The van der Waals surface area contributed by atoms with Crippen LogP contribution in [0.2, 0.25) is 0 Å². The molecule has 0 aliphatic heterocycles. The summed E-state index contributed by atoms with van der Waals surface area (Å²) in [6.07, 6.45) is 7.29. The fraction of sp³-hybridized carbons (Fsp3) is 1.00. The summed E-state index contributed by atoms with van der Waals surface area (Å²) in [5, 5.41) is 10.6. The summed E-state index contributed by atoms with van der Waals surface area (Å²) in [7, 11) is 0. The van der Waals surface area contributed by atoms with Crippen molar-refractivity contribution in [3.63, 3.8) is 0 Å². The van der Waals surface area contributed by atoms with Gasteiger partial charge in [-0.1, -0.05) is 41.0 Å². The Bertz CT molecular complexity index is 387. The van der Waals surface area contributed by atoms with Crippen molar-refractivity contribution in [1.82, 2.24) is 0 Å². The molecule has 0 radical (unpaired) electrons. The van der Waals surface area contributed by atoms with E-state index in [0.717, 1.165) is 18.8 Å². The van der Waals surface area contributed by atoms with E-state index in [9.17, 15) is 5.11 Å². The van der Waals surface area contributed by atoms with Crippen LogP contribution in [0.4, 0.5) is 0 Å². The molecular weight excluding hydrogens is 248 g/mol. The van der Waals surface area contributed by atoms with E-state index in [-0.39, 0.29) is 17.6 Å². The lowest BCUT2D eigenvalue weighted by molar-refractivity contribution is -0.164. The van der Waals surface area contributed by atoms with Crippen LogP contribution >= 0.6 is 0 Å². The lowest BCUT2D eigenvalue weighted by Gasteiger charge is -2.45. The molecule has 20 heavy (non-hydrogen) atoms. The standard InChI is InChI=1S/C18H32O2/c1-16(2)9-6-7-13(15(16)19)20-14-11-12-8-10-18(14,5)17(12,3)4/h12-15,19H,6-11H2,1-5H3. The maximum Gasteiger partial charge on any atom is 0.0852 e. The van der Waals surface area contributed by atoms with Gasteiger partial charge in [0.1, 0.15) is 0 Å². The number of aliphatic hydroxyl groups excluding tert-OH is 1. The Labute approximate surface area is 124 Å². The van der Waals surface area contributed by atoms with Crippen molar-refractivity contribution in [2.24, 2.45) is 22.2 Å². The Kier molecular flexibility index (Phi) is 3.31. The van der Waals surface area contributed by atoms with E-state index in [0.29, 0.717) is 16.9 Å². The van der Waals surface area contributed by atoms with Crippen molar-refractivity contribution >= 4 is 0 Å². The van der Waals surface area contributed by atoms with Gasteiger partial charge < -0.3 is 9.84 Å². The summed E-state index contributed by atoms with van der Waals surface area (Å²) in [6, 6.07) is 0. The number of ether oxygens (including phenoxy) is 1. The zero-order chi connectivity index (χ0) is 14.8. The van der Waals surface area contributed by atoms with Crippen molar-refractivity contribution in [1.29, 1.82) is 0 Å². The average Bonchev–Trinajstić information content (AvgIpc) is 2.68. The van der Waals surface area contributed by atoms with Crippen molar-refractivity contribution in [3.8, 4) is 0 Å². The molecule has 0 aromatic rings. The molecule has 3 aliphatic carbocycles. The summed E-state index contributed by atoms with van der Waals surface area (Å²) in [5.74, 6) is 0.811. The first-order chi connectivity index (χ1) is 9.18. The molecule has 2 bridgehead atoms. The summed E-state index contributed by atoms with van der Waals surface area (Å²) in [6.45, 7) is 11.6. The van der Waals surface area contributed by atoms with Gasteiger partial charge in [-0.25, -0.2) is 0 Å². The monoisotopic (exact) mass is 280 g/mol. The fourth-order valence-corrected chi connectivity index (χ4v) is 5.26. The van der Waals surface area contributed by atoms with Crippen LogP contribution in [0.5, 0.6) is 0 Å². The number of fused-ring (bicyclic) bond motifs is 2. The Balaban J connectivity index is 1.74. The number of hydrogen-bond acceptors (Lipinski definition) is 2. The molecule has 3 saturated carbocycles. The molecule has 116 valence electrons. The van der Waals surface area contributed by atoms with Crippen LogP contribution in [0.25, 0.3) is 0 Å². The summed E-state index contributed by atoms with van der Waals surface area (Å²) >= 11 is 0. The van der Waals surface area contributed by atoms with Crippen molar-refractivity contribution in [2.75, 3.05) is 0 Å². The Hall–Kier alpha value is -0.0800. The molecule has 2 heteroatoms. The molecule has 0 amide bonds. The molecule has 0 aromatic carbocycles. The second kappa shape index (κ2) is 4.46. The maximum absolute atomic E-state index is 10.6. The van der Waals surface area contributed by atoms with Crippen LogP contribution in [0.15, 0.2) is 0 Å². The number of rotatable bonds is 2. The molecule has 0 heterocycles. The van der Waals surface area contributed by atoms with Gasteiger partial charge in [-0.05, 0) is 54.3 Å². The first kappa shape index (κ1) is 14.8. The molecule has 0 saturated heterocycles. The van der Waals surface area contributed by atoms with Gasteiger partial charge in [0, 0.05) is 0 Å². The molecule has 0 spiro atoms. The van der Waals surface area contributed by atoms with Crippen LogP contribution in [0.3, 0.4) is 0 Å². The highest BCUT2D eigenvalue weighted by molar-refractivity contribution is 5.11. The zero-order valence-electron chi connectivity index (χ0n) is 13.9. The Morgan fingerprint density at radius 1 is 1.00 bits per heavy atom. The highest BCUT2D eigenvalue weighted by Gasteiger charge is 2.62. The molecule has 5 atom stereocenters. The molecule has 5 unspecified atom stereocenters. The van der Waals surface area contributed by atoms with Gasteiger partial charge >= 0.3 is 0 Å². The van der Waals surface area contributed by atoms with Gasteiger partial charge in [0.25, 0.3) is 0 Å². The van der Waals surface area contributed by atoms with E-state index in [2.05, 4.69) is 34.6 Å². The molecule has 3 aliphatic rings. The van der Waals surface area contributed by atoms with Gasteiger partial charge in [-0.2, -0.15) is 0 Å². The highest BCUT2D eigenvalue weighted by atomic mass is 16.5. The van der Waals surface area contributed by atoms with Crippen LogP contribution in [-0.4, -0.2) is 23.4 Å². The van der Waals surface area contributed by atoms with Crippen LogP contribution < -0.4 is 0 Å². The van der Waals surface area contributed by atoms with E-state index in [4.69, 9.17) is 4.74 Å². The van der Waals surface area contributed by atoms with Gasteiger partial charge in [0.15, 0.2) is 0 Å². The van der Waals surface area contributed by atoms with Crippen molar-refractivity contribution in [2.45, 2.75) is 91.5 Å². The fourth-order valence-electron chi connectivity index (χ4n) is 5.26. The molecule has 0 aromatic heterocycles. The molecule has 1 N–H and O–H groups in total. The largest absolute Gasteiger partial charge is 0.390 e. The topological polar surface area (TPSA) is 29.5 Å². The van der Waals surface area contributed by atoms with E-state index in [1.54, 1.807) is 0 Å². The van der Waals surface area contributed by atoms with E-state index in [1.165, 1.54) is 25.7 Å². The van der Waals surface area contributed by atoms with Crippen LogP contribution in [-0.2, 0) is 4.74 Å². The SMILES string of the molecule is CC1(C)CCCC(OC2CC3CCC2(C)C3(C)C)C1O. The van der Waals surface area contributed by atoms with Gasteiger partial charge in [-0.15, -0.1) is 0 Å². The summed E-state index contributed by atoms with van der Waals surface area (Å²) in [5.41, 5.74) is 0.711. The van der Waals surface area contributed by atoms with E-state index < -0.39 is 0 Å². The average molecular weight is 280 g/mol. The second-order valence-electron chi connectivity index (χ2n) is 9.10. The van der Waals surface area contributed by atoms with Crippen LogP contribution in [0, 0.1) is 22.2 Å². The maximum atomic E-state index is 10.6. The molecule has 2 nitrogen and oxygen atoms in total. The third-order valence-corrected chi connectivity index (χ3v) is 7.52. The first-order valence-corrected chi connectivity index (χ1v) is 8.52. The van der Waals surface area contributed by atoms with Crippen molar-refractivity contribution < 1.29 is 9.84 Å². The van der Waals surface area contributed by atoms with E-state index in [1.807, 2.05) is 0 Å². The third kappa shape index (κ3) is 1.90. The minimum absolute atomic E-state index is 0.0109. The predicted molar refractivity (Wildman–Crippen MR) is 81.5 cm³/mol. The lowest BCUT2D eigenvalue weighted by atomic mass is 9.69. The third-order valence-electron chi connectivity index (χ3n) is 7.52. The van der Waals surface area contributed by atoms with Gasteiger partial charge in [0.05, 0.1) is 18.3 Å². The van der Waals surface area contributed by atoms with Gasteiger partial charge in [-0.3, -0.25) is 0 Å². The highest BCUT2D eigenvalue weighted by Crippen LogP contribution is 2.66. The second-order valence-corrected chi connectivity index (χ2v) is 9.10. The van der Waals surface area contributed by atoms with E-state index >= 15 is 0 Å². The number of aliphatic hydroxyl groups is 1. The molecule has 3 rings (SSSR count). The quantitative estimate of drug-likeness (QED) is 0.823. The zero-order valence-corrected chi connectivity index (χ0v) is 13.9. The smallest absolute Gasteiger partial charge is 0.0852 e. The normalized spacial score (nSPS) is 49.5. The van der Waals surface area contributed by atoms with Crippen LogP contribution in [0.1, 0.15) is 73.1 Å².